The molecule has 0 saturated carbocycles. The summed E-state index contributed by atoms with van der Waals surface area (Å²) < 4.78 is 3.07. The van der Waals surface area contributed by atoms with Gasteiger partial charge >= 0.3 is 0 Å². The molecule has 0 bridgehead atoms. The van der Waals surface area contributed by atoms with Gasteiger partial charge in [0.25, 0.3) is 0 Å². The number of fused-ring (bicyclic) bond motifs is 1. The molecule has 0 unspecified atom stereocenters. The Morgan fingerprint density at radius 1 is 1.45 bits per heavy atom. The molecular weight excluding hydrogens is 253 g/mol. The van der Waals surface area contributed by atoms with Crippen LogP contribution in [-0.2, 0) is 0 Å². The number of pyridine rings is 1. The fourth-order valence-electron chi connectivity index (χ4n) is 0.996. The van der Waals surface area contributed by atoms with Gasteiger partial charge in [0.2, 0.25) is 0 Å². The van der Waals surface area contributed by atoms with Gasteiger partial charge in [-0.15, -0.1) is 0 Å². The molecule has 0 amide bonds. The summed E-state index contributed by atoms with van der Waals surface area (Å²) in [5, 5.41) is 0. The Bertz CT molecular complexity index is 393. The lowest BCUT2D eigenvalue weighted by Gasteiger charge is -1.93. The average Bonchev–Trinajstić information content (AvgIpc) is 2.31. The van der Waals surface area contributed by atoms with Gasteiger partial charge in [-0.3, -0.25) is 4.40 Å². The Hall–Kier alpha value is -0.780. The molecule has 2 aromatic rings. The second kappa shape index (κ2) is 2.37. The standard InChI is InChI=1S/C7H6IN3/c8-5-2-1-3-7-10-6(9)4-11(5)7/h1-4H,9H2. The maximum atomic E-state index is 5.52. The predicted octanol–water partition coefficient (Wildman–Crippen LogP) is 1.52. The van der Waals surface area contributed by atoms with Gasteiger partial charge in [-0.25, -0.2) is 4.98 Å². The molecule has 2 N–H and O–H groups in total. The predicted molar refractivity (Wildman–Crippen MR) is 52.3 cm³/mol. The summed E-state index contributed by atoms with van der Waals surface area (Å²) in [6.07, 6.45) is 1.82. The molecule has 2 rings (SSSR count). The van der Waals surface area contributed by atoms with Gasteiger partial charge < -0.3 is 5.73 Å². The lowest BCUT2D eigenvalue weighted by molar-refractivity contribution is 1.14. The second-order valence-corrected chi connectivity index (χ2v) is 3.35. The first-order valence-corrected chi connectivity index (χ1v) is 4.24. The number of hydrogen-bond acceptors (Lipinski definition) is 2. The molecule has 4 heteroatoms. The summed E-state index contributed by atoms with van der Waals surface area (Å²) in [7, 11) is 0. The van der Waals surface area contributed by atoms with Crippen LogP contribution in [0.1, 0.15) is 0 Å². The van der Waals surface area contributed by atoms with Gasteiger partial charge in [0.05, 0.1) is 9.90 Å². The number of imidazole rings is 1. The van der Waals surface area contributed by atoms with Crippen LogP contribution >= 0.6 is 22.6 Å². The average molecular weight is 259 g/mol. The largest absolute Gasteiger partial charge is 0.382 e. The Morgan fingerprint density at radius 2 is 2.27 bits per heavy atom. The molecule has 0 fully saturated rings. The van der Waals surface area contributed by atoms with E-state index in [1.54, 1.807) is 0 Å². The molecule has 2 heterocycles. The third-order valence-electron chi connectivity index (χ3n) is 1.46. The molecule has 0 aliphatic carbocycles. The summed E-state index contributed by atoms with van der Waals surface area (Å²) >= 11 is 2.24. The normalized spacial score (nSPS) is 10.6. The molecule has 0 atom stereocenters. The zero-order valence-corrected chi connectivity index (χ0v) is 7.82. The van der Waals surface area contributed by atoms with Crippen molar-refractivity contribution in [1.82, 2.24) is 9.38 Å². The third kappa shape index (κ3) is 1.07. The molecule has 0 radical (unpaired) electrons. The summed E-state index contributed by atoms with van der Waals surface area (Å²) in [5.74, 6) is 0.564. The van der Waals surface area contributed by atoms with Crippen molar-refractivity contribution in [3.63, 3.8) is 0 Å². The van der Waals surface area contributed by atoms with Gasteiger partial charge in [-0.1, -0.05) is 6.07 Å². The van der Waals surface area contributed by atoms with E-state index in [2.05, 4.69) is 27.6 Å². The number of nitrogens with zero attached hydrogens (tertiary/aromatic N) is 2. The van der Waals surface area contributed by atoms with Crippen molar-refractivity contribution in [2.45, 2.75) is 0 Å². The molecule has 0 spiro atoms. The van der Waals surface area contributed by atoms with E-state index in [1.165, 1.54) is 0 Å². The van der Waals surface area contributed by atoms with Gasteiger partial charge in [0.1, 0.15) is 11.5 Å². The second-order valence-electron chi connectivity index (χ2n) is 2.24. The minimum absolute atomic E-state index is 0.564. The summed E-state index contributed by atoms with van der Waals surface area (Å²) in [6.45, 7) is 0. The lowest BCUT2D eigenvalue weighted by Crippen LogP contribution is -1.86. The fraction of sp³-hybridized carbons (Fsp3) is 0. The summed E-state index contributed by atoms with van der Waals surface area (Å²) in [6, 6.07) is 5.90. The van der Waals surface area contributed by atoms with Crippen LogP contribution in [0.15, 0.2) is 24.4 Å². The molecule has 2 aromatic heterocycles. The van der Waals surface area contributed by atoms with Crippen LogP contribution < -0.4 is 5.73 Å². The molecule has 56 valence electrons. The SMILES string of the molecule is Nc1cn2c(I)cccc2n1. The summed E-state index contributed by atoms with van der Waals surface area (Å²) in [5.41, 5.74) is 6.42. The lowest BCUT2D eigenvalue weighted by atomic mass is 10.5. The van der Waals surface area contributed by atoms with Crippen LogP contribution in [0.2, 0.25) is 0 Å². The Labute approximate surface area is 77.4 Å². The van der Waals surface area contributed by atoms with Crippen molar-refractivity contribution in [1.29, 1.82) is 0 Å². The molecular formula is C7H6IN3. The van der Waals surface area contributed by atoms with E-state index < -0.39 is 0 Å². The van der Waals surface area contributed by atoms with E-state index in [-0.39, 0.29) is 0 Å². The van der Waals surface area contributed by atoms with E-state index in [9.17, 15) is 0 Å². The van der Waals surface area contributed by atoms with E-state index in [1.807, 2.05) is 28.8 Å². The minimum Gasteiger partial charge on any atom is -0.382 e. The zero-order chi connectivity index (χ0) is 7.84. The maximum absolute atomic E-state index is 5.52. The highest BCUT2D eigenvalue weighted by molar-refractivity contribution is 14.1. The number of halogens is 1. The van der Waals surface area contributed by atoms with E-state index in [4.69, 9.17) is 5.73 Å². The van der Waals surface area contributed by atoms with Gasteiger partial charge in [0, 0.05) is 0 Å². The Kier molecular flexibility index (Phi) is 1.49. The first-order valence-electron chi connectivity index (χ1n) is 3.16. The highest BCUT2D eigenvalue weighted by atomic mass is 127. The number of rotatable bonds is 0. The zero-order valence-electron chi connectivity index (χ0n) is 5.66. The fourth-order valence-corrected chi connectivity index (χ4v) is 1.59. The van der Waals surface area contributed by atoms with Crippen molar-refractivity contribution in [3.05, 3.63) is 28.1 Å². The molecule has 11 heavy (non-hydrogen) atoms. The smallest absolute Gasteiger partial charge is 0.142 e. The van der Waals surface area contributed by atoms with E-state index in [0.717, 1.165) is 9.35 Å². The molecule has 0 aliphatic heterocycles. The molecule has 0 aliphatic rings. The van der Waals surface area contributed by atoms with Crippen molar-refractivity contribution in [3.8, 4) is 0 Å². The third-order valence-corrected chi connectivity index (χ3v) is 2.34. The molecule has 0 saturated heterocycles. The number of anilines is 1. The van der Waals surface area contributed by atoms with Crippen LogP contribution in [-0.4, -0.2) is 9.38 Å². The van der Waals surface area contributed by atoms with Crippen LogP contribution in [0.4, 0.5) is 5.82 Å². The van der Waals surface area contributed by atoms with Crippen LogP contribution in [0, 0.1) is 3.70 Å². The van der Waals surface area contributed by atoms with Crippen LogP contribution in [0.3, 0.4) is 0 Å². The number of hydrogen-bond donors (Lipinski definition) is 1. The number of nitrogen functional groups attached to an aromatic ring is 1. The van der Waals surface area contributed by atoms with Crippen molar-refractivity contribution >= 4 is 34.1 Å². The number of aromatic nitrogens is 2. The van der Waals surface area contributed by atoms with E-state index in [0.29, 0.717) is 5.82 Å². The van der Waals surface area contributed by atoms with E-state index >= 15 is 0 Å². The van der Waals surface area contributed by atoms with Crippen molar-refractivity contribution in [2.24, 2.45) is 0 Å². The first-order chi connectivity index (χ1) is 5.27. The van der Waals surface area contributed by atoms with Crippen LogP contribution in [0.5, 0.6) is 0 Å². The van der Waals surface area contributed by atoms with Crippen LogP contribution in [0.25, 0.3) is 5.65 Å². The highest BCUT2D eigenvalue weighted by Crippen LogP contribution is 2.11. The van der Waals surface area contributed by atoms with Crippen molar-refractivity contribution in [2.75, 3.05) is 5.73 Å². The summed E-state index contributed by atoms with van der Waals surface area (Å²) in [4.78, 5) is 4.11. The number of nitrogens with two attached hydrogens (primary N) is 1. The molecule has 3 nitrogen and oxygen atoms in total. The Morgan fingerprint density at radius 3 is 3.00 bits per heavy atom. The highest BCUT2D eigenvalue weighted by Gasteiger charge is 1.98. The van der Waals surface area contributed by atoms with Gasteiger partial charge in [0.15, 0.2) is 0 Å². The minimum atomic E-state index is 0.564. The first kappa shape index (κ1) is 6.90. The quantitative estimate of drug-likeness (QED) is 0.575. The van der Waals surface area contributed by atoms with Gasteiger partial charge in [-0.2, -0.15) is 0 Å². The van der Waals surface area contributed by atoms with Gasteiger partial charge in [-0.05, 0) is 34.7 Å². The van der Waals surface area contributed by atoms with Crippen molar-refractivity contribution < 1.29 is 0 Å². The molecule has 0 aromatic carbocycles. The maximum Gasteiger partial charge on any atom is 0.142 e. The monoisotopic (exact) mass is 259 g/mol. The topological polar surface area (TPSA) is 43.3 Å². The Balaban J connectivity index is 2.90.